The molecule has 0 spiro atoms. The first-order valence-corrected chi connectivity index (χ1v) is 7.60. The van der Waals surface area contributed by atoms with Gasteiger partial charge in [-0.1, -0.05) is 12.1 Å². The van der Waals surface area contributed by atoms with E-state index < -0.39 is 11.7 Å². The molecule has 0 radical (unpaired) electrons. The van der Waals surface area contributed by atoms with Crippen LogP contribution in [0.4, 0.5) is 13.2 Å². The first-order chi connectivity index (χ1) is 10.4. The van der Waals surface area contributed by atoms with Crippen molar-refractivity contribution in [3.63, 3.8) is 0 Å². The predicted molar refractivity (Wildman–Crippen MR) is 79.7 cm³/mol. The van der Waals surface area contributed by atoms with Crippen LogP contribution < -0.4 is 10.6 Å². The number of rotatable bonds is 5. The second-order valence-corrected chi connectivity index (χ2v) is 5.87. The standard InChI is InChI=1S/C16H23F3N2O/c1-11(8-15-10-22-7-6-20-15)21-12(2)13-4-3-5-14(9-13)16(17,18)19/h3-5,9,11-12,15,20-21H,6-8,10H2,1-2H3. The summed E-state index contributed by atoms with van der Waals surface area (Å²) in [5.74, 6) is 0. The lowest BCUT2D eigenvalue weighted by molar-refractivity contribution is -0.137. The molecular formula is C16H23F3N2O. The Kier molecular flexibility index (Phi) is 5.83. The Balaban J connectivity index is 1.92. The van der Waals surface area contributed by atoms with Crippen molar-refractivity contribution < 1.29 is 17.9 Å². The molecule has 0 aromatic heterocycles. The van der Waals surface area contributed by atoms with Gasteiger partial charge in [0, 0.05) is 24.7 Å². The van der Waals surface area contributed by atoms with Gasteiger partial charge in [0.1, 0.15) is 0 Å². The van der Waals surface area contributed by atoms with Crippen LogP contribution in [0.1, 0.15) is 37.4 Å². The van der Waals surface area contributed by atoms with E-state index in [0.717, 1.165) is 25.6 Å². The van der Waals surface area contributed by atoms with Crippen LogP contribution in [0.5, 0.6) is 0 Å². The fraction of sp³-hybridized carbons (Fsp3) is 0.625. The molecule has 3 unspecified atom stereocenters. The first-order valence-electron chi connectivity index (χ1n) is 7.60. The Bertz CT molecular complexity index is 473. The van der Waals surface area contributed by atoms with Gasteiger partial charge in [0.2, 0.25) is 0 Å². The molecule has 1 aromatic carbocycles. The molecule has 6 heteroatoms. The van der Waals surface area contributed by atoms with Gasteiger partial charge < -0.3 is 15.4 Å². The summed E-state index contributed by atoms with van der Waals surface area (Å²) >= 11 is 0. The van der Waals surface area contributed by atoms with E-state index in [1.165, 1.54) is 12.1 Å². The third-order valence-corrected chi connectivity index (χ3v) is 3.88. The molecule has 3 nitrogen and oxygen atoms in total. The van der Waals surface area contributed by atoms with Crippen LogP contribution in [-0.4, -0.2) is 31.8 Å². The fourth-order valence-electron chi connectivity index (χ4n) is 2.77. The highest BCUT2D eigenvalue weighted by Gasteiger charge is 2.30. The maximum absolute atomic E-state index is 12.8. The summed E-state index contributed by atoms with van der Waals surface area (Å²) in [6.45, 7) is 6.20. The van der Waals surface area contributed by atoms with Crippen molar-refractivity contribution in [1.29, 1.82) is 0 Å². The summed E-state index contributed by atoms with van der Waals surface area (Å²) in [6.07, 6.45) is -3.42. The van der Waals surface area contributed by atoms with Gasteiger partial charge in [0.25, 0.3) is 0 Å². The highest BCUT2D eigenvalue weighted by molar-refractivity contribution is 5.27. The Hall–Kier alpha value is -1.11. The van der Waals surface area contributed by atoms with Crippen molar-refractivity contribution in [2.45, 2.75) is 44.6 Å². The molecular weight excluding hydrogens is 293 g/mol. The van der Waals surface area contributed by atoms with Crippen LogP contribution in [0.3, 0.4) is 0 Å². The van der Waals surface area contributed by atoms with Gasteiger partial charge in [-0.25, -0.2) is 0 Å². The number of halogens is 3. The Morgan fingerprint density at radius 2 is 2.14 bits per heavy atom. The molecule has 1 saturated heterocycles. The van der Waals surface area contributed by atoms with Crippen LogP contribution in [-0.2, 0) is 10.9 Å². The quantitative estimate of drug-likeness (QED) is 0.876. The summed E-state index contributed by atoms with van der Waals surface area (Å²) in [5, 5.41) is 6.74. The zero-order chi connectivity index (χ0) is 16.2. The largest absolute Gasteiger partial charge is 0.416 e. The molecule has 1 aromatic rings. The molecule has 2 rings (SSSR count). The van der Waals surface area contributed by atoms with E-state index in [4.69, 9.17) is 4.74 Å². The number of morpholine rings is 1. The van der Waals surface area contributed by atoms with Gasteiger partial charge in [-0.3, -0.25) is 0 Å². The van der Waals surface area contributed by atoms with Gasteiger partial charge in [-0.2, -0.15) is 13.2 Å². The number of hydrogen-bond donors (Lipinski definition) is 2. The summed E-state index contributed by atoms with van der Waals surface area (Å²) in [5.41, 5.74) is 0.0446. The van der Waals surface area contributed by atoms with Crippen LogP contribution in [0.15, 0.2) is 24.3 Å². The molecule has 22 heavy (non-hydrogen) atoms. The summed E-state index contributed by atoms with van der Waals surface area (Å²) in [4.78, 5) is 0. The van der Waals surface area contributed by atoms with E-state index in [-0.39, 0.29) is 12.1 Å². The fourth-order valence-corrected chi connectivity index (χ4v) is 2.77. The van der Waals surface area contributed by atoms with E-state index in [9.17, 15) is 13.2 Å². The van der Waals surface area contributed by atoms with Gasteiger partial charge in [0.05, 0.1) is 18.8 Å². The predicted octanol–water partition coefficient (Wildman–Crippen LogP) is 3.12. The lowest BCUT2D eigenvalue weighted by Crippen LogP contribution is -2.45. The highest BCUT2D eigenvalue weighted by Crippen LogP contribution is 2.30. The second-order valence-electron chi connectivity index (χ2n) is 5.87. The van der Waals surface area contributed by atoms with Crippen LogP contribution >= 0.6 is 0 Å². The van der Waals surface area contributed by atoms with E-state index >= 15 is 0 Å². The Morgan fingerprint density at radius 1 is 1.36 bits per heavy atom. The molecule has 124 valence electrons. The van der Waals surface area contributed by atoms with Crippen molar-refractivity contribution in [2.75, 3.05) is 19.8 Å². The summed E-state index contributed by atoms with van der Waals surface area (Å²) in [6, 6.07) is 5.84. The molecule has 1 fully saturated rings. The first kappa shape index (κ1) is 17.2. The number of alkyl halides is 3. The van der Waals surface area contributed by atoms with Gasteiger partial charge in [-0.05, 0) is 38.0 Å². The zero-order valence-corrected chi connectivity index (χ0v) is 12.9. The highest BCUT2D eigenvalue weighted by atomic mass is 19.4. The Labute approximate surface area is 129 Å². The van der Waals surface area contributed by atoms with Crippen molar-refractivity contribution in [3.8, 4) is 0 Å². The van der Waals surface area contributed by atoms with Gasteiger partial charge in [-0.15, -0.1) is 0 Å². The maximum atomic E-state index is 12.8. The van der Waals surface area contributed by atoms with Gasteiger partial charge >= 0.3 is 6.18 Å². The topological polar surface area (TPSA) is 33.3 Å². The maximum Gasteiger partial charge on any atom is 0.416 e. The molecule has 3 atom stereocenters. The lowest BCUT2D eigenvalue weighted by Gasteiger charge is -2.28. The molecule has 2 N–H and O–H groups in total. The Morgan fingerprint density at radius 3 is 2.77 bits per heavy atom. The average Bonchev–Trinajstić information content (AvgIpc) is 2.47. The normalized spacial score (nSPS) is 22.3. The SMILES string of the molecule is CC(CC1COCCN1)NC(C)c1cccc(C(F)(F)F)c1. The third kappa shape index (κ3) is 4.97. The minimum absolute atomic E-state index is 0.137. The minimum atomic E-state index is -4.30. The summed E-state index contributed by atoms with van der Waals surface area (Å²) < 4.78 is 43.7. The summed E-state index contributed by atoms with van der Waals surface area (Å²) in [7, 11) is 0. The zero-order valence-electron chi connectivity index (χ0n) is 12.9. The van der Waals surface area contributed by atoms with E-state index in [1.807, 2.05) is 13.8 Å². The van der Waals surface area contributed by atoms with E-state index in [0.29, 0.717) is 18.2 Å². The molecule has 1 heterocycles. The van der Waals surface area contributed by atoms with Crippen molar-refractivity contribution in [3.05, 3.63) is 35.4 Å². The molecule has 1 aliphatic rings. The molecule has 0 saturated carbocycles. The number of nitrogens with one attached hydrogen (secondary N) is 2. The third-order valence-electron chi connectivity index (χ3n) is 3.88. The van der Waals surface area contributed by atoms with Crippen molar-refractivity contribution >= 4 is 0 Å². The molecule has 1 aliphatic heterocycles. The van der Waals surface area contributed by atoms with Gasteiger partial charge in [0.15, 0.2) is 0 Å². The number of hydrogen-bond acceptors (Lipinski definition) is 3. The number of benzene rings is 1. The smallest absolute Gasteiger partial charge is 0.379 e. The van der Waals surface area contributed by atoms with Crippen molar-refractivity contribution in [2.24, 2.45) is 0 Å². The van der Waals surface area contributed by atoms with E-state index in [1.54, 1.807) is 6.07 Å². The van der Waals surface area contributed by atoms with Crippen LogP contribution in [0.2, 0.25) is 0 Å². The van der Waals surface area contributed by atoms with Crippen molar-refractivity contribution in [1.82, 2.24) is 10.6 Å². The average molecular weight is 316 g/mol. The number of ether oxygens (including phenoxy) is 1. The molecule has 0 bridgehead atoms. The monoisotopic (exact) mass is 316 g/mol. The molecule has 0 amide bonds. The van der Waals surface area contributed by atoms with Crippen LogP contribution in [0, 0.1) is 0 Å². The van der Waals surface area contributed by atoms with Crippen LogP contribution in [0.25, 0.3) is 0 Å². The minimum Gasteiger partial charge on any atom is -0.379 e. The lowest BCUT2D eigenvalue weighted by atomic mass is 10.0. The van der Waals surface area contributed by atoms with E-state index in [2.05, 4.69) is 10.6 Å². The molecule has 0 aliphatic carbocycles. The second kappa shape index (κ2) is 7.44.